The van der Waals surface area contributed by atoms with Crippen LogP contribution < -0.4 is 10.1 Å². The Kier molecular flexibility index (Phi) is 8.30. The molecule has 0 spiro atoms. The Morgan fingerprint density at radius 3 is 2.17 bits per heavy atom. The fourth-order valence-electron chi connectivity index (χ4n) is 4.40. The summed E-state index contributed by atoms with van der Waals surface area (Å²) in [6, 6.07) is 15.4. The van der Waals surface area contributed by atoms with Crippen molar-refractivity contribution in [2.75, 3.05) is 7.11 Å². The maximum Gasteiger partial charge on any atom is 0.419 e. The molecule has 1 N–H and O–H groups in total. The summed E-state index contributed by atoms with van der Waals surface area (Å²) in [6.45, 7) is 0. The molecule has 0 bridgehead atoms. The molecule has 0 saturated carbocycles. The minimum Gasteiger partial charge on any atom is -0.496 e. The number of methoxy groups -OCH3 is 1. The van der Waals surface area contributed by atoms with E-state index in [4.69, 9.17) is 16.3 Å². The molecule has 1 amide bonds. The van der Waals surface area contributed by atoms with Crippen molar-refractivity contribution in [3.8, 4) is 5.75 Å². The van der Waals surface area contributed by atoms with Crippen molar-refractivity contribution in [2.24, 2.45) is 0 Å². The Hall–Kier alpha value is -4.12. The number of benzene rings is 3. The summed E-state index contributed by atoms with van der Waals surface area (Å²) in [5, 5.41) is 2.80. The largest absolute Gasteiger partial charge is 0.496 e. The van der Waals surface area contributed by atoms with E-state index in [1.807, 2.05) is 0 Å². The predicted octanol–water partition coefficient (Wildman–Crippen LogP) is 7.84. The van der Waals surface area contributed by atoms with Gasteiger partial charge in [-0.2, -0.15) is 26.3 Å². The zero-order valence-corrected chi connectivity index (χ0v) is 21.8. The number of amides is 1. The lowest BCUT2D eigenvalue weighted by molar-refractivity contribution is -0.140. The molecule has 12 heteroatoms. The fourth-order valence-corrected chi connectivity index (χ4v) is 4.51. The molecule has 0 radical (unpaired) electrons. The summed E-state index contributed by atoms with van der Waals surface area (Å²) >= 11 is 6.02. The van der Waals surface area contributed by atoms with Crippen LogP contribution in [0.2, 0.25) is 5.02 Å². The van der Waals surface area contributed by atoms with Crippen molar-refractivity contribution in [1.29, 1.82) is 0 Å². The van der Waals surface area contributed by atoms with Gasteiger partial charge in [0.1, 0.15) is 17.1 Å². The van der Waals surface area contributed by atoms with E-state index in [0.717, 1.165) is 24.3 Å². The average molecular weight is 597 g/mol. The smallest absolute Gasteiger partial charge is 0.419 e. The van der Waals surface area contributed by atoms with Crippen LogP contribution in [0.3, 0.4) is 0 Å². The number of halogens is 8. The van der Waals surface area contributed by atoms with E-state index >= 15 is 0 Å². The number of carbonyl (C=O) groups is 1. The van der Waals surface area contributed by atoms with Crippen LogP contribution in [0, 0.1) is 5.82 Å². The number of carbonyl (C=O) groups excluding carboxylic acids is 1. The summed E-state index contributed by atoms with van der Waals surface area (Å²) < 4.78 is 101. The normalized spacial score (nSPS) is 13.4. The molecule has 0 unspecified atom stereocenters. The standard InChI is InChI=1S/C29H20ClF7N2O2/c1-41-24-11-8-19(28(32,33)34)14-22(24)27(15-17-5-3-2-4-6-17,25-12-9-20(30)16-38-25)39-26(40)18-7-10-23(31)21(13-18)29(35,36)37/h2-14,16H,15H2,1H3,(H,39,40)/t27-/m0/s1. The molecule has 214 valence electrons. The van der Waals surface area contributed by atoms with Crippen LogP contribution in [0.15, 0.2) is 85.1 Å². The van der Waals surface area contributed by atoms with E-state index in [-0.39, 0.29) is 28.5 Å². The van der Waals surface area contributed by atoms with Gasteiger partial charge in [-0.1, -0.05) is 41.9 Å². The van der Waals surface area contributed by atoms with Gasteiger partial charge in [0.25, 0.3) is 5.91 Å². The Morgan fingerprint density at radius 2 is 1.59 bits per heavy atom. The summed E-state index contributed by atoms with van der Waals surface area (Å²) in [5.41, 5.74) is -4.93. The second kappa shape index (κ2) is 11.4. The Labute approximate surface area is 234 Å². The molecule has 3 aromatic carbocycles. The third-order valence-corrected chi connectivity index (χ3v) is 6.55. The quantitative estimate of drug-likeness (QED) is 0.221. The maximum atomic E-state index is 14.0. The highest BCUT2D eigenvalue weighted by Gasteiger charge is 2.43. The number of nitrogens with zero attached hydrogens (tertiary/aromatic N) is 1. The molecule has 1 atom stereocenters. The van der Waals surface area contributed by atoms with Gasteiger partial charge in [0.2, 0.25) is 0 Å². The molecule has 1 heterocycles. The monoisotopic (exact) mass is 596 g/mol. The van der Waals surface area contributed by atoms with Gasteiger partial charge in [-0.3, -0.25) is 9.78 Å². The van der Waals surface area contributed by atoms with E-state index in [0.29, 0.717) is 17.7 Å². The van der Waals surface area contributed by atoms with Crippen LogP contribution in [-0.2, 0) is 24.3 Å². The molecule has 0 aliphatic carbocycles. The number of rotatable bonds is 7. The third kappa shape index (κ3) is 6.45. The molecule has 0 aliphatic heterocycles. The molecule has 1 aromatic heterocycles. The number of pyridine rings is 1. The number of hydrogen-bond acceptors (Lipinski definition) is 3. The summed E-state index contributed by atoms with van der Waals surface area (Å²) in [7, 11) is 1.21. The molecule has 4 nitrogen and oxygen atoms in total. The van der Waals surface area contributed by atoms with Gasteiger partial charge in [0.15, 0.2) is 0 Å². The van der Waals surface area contributed by atoms with E-state index in [2.05, 4.69) is 10.3 Å². The molecule has 0 aliphatic rings. The van der Waals surface area contributed by atoms with E-state index < -0.39 is 46.3 Å². The summed E-state index contributed by atoms with van der Waals surface area (Å²) in [4.78, 5) is 17.9. The number of ether oxygens (including phenoxy) is 1. The maximum absolute atomic E-state index is 14.0. The van der Waals surface area contributed by atoms with E-state index in [1.165, 1.54) is 25.4 Å². The van der Waals surface area contributed by atoms with Crippen LogP contribution in [0.1, 0.15) is 38.3 Å². The van der Waals surface area contributed by atoms with Gasteiger partial charge >= 0.3 is 12.4 Å². The number of nitrogens with one attached hydrogen (secondary N) is 1. The fraction of sp³-hybridized carbons (Fsp3) is 0.172. The Balaban J connectivity index is 2.01. The molecular formula is C29H20ClF7N2O2. The van der Waals surface area contributed by atoms with Crippen molar-refractivity contribution in [3.05, 3.63) is 129 Å². The lowest BCUT2D eigenvalue weighted by Crippen LogP contribution is -2.49. The molecular weight excluding hydrogens is 577 g/mol. The average Bonchev–Trinajstić information content (AvgIpc) is 2.92. The molecule has 4 aromatic rings. The highest BCUT2D eigenvalue weighted by molar-refractivity contribution is 6.30. The first-order valence-corrected chi connectivity index (χ1v) is 12.2. The summed E-state index contributed by atoms with van der Waals surface area (Å²) in [6.07, 6.45) is -8.90. The van der Waals surface area contributed by atoms with Crippen molar-refractivity contribution < 1.29 is 40.3 Å². The van der Waals surface area contributed by atoms with Crippen molar-refractivity contribution >= 4 is 17.5 Å². The molecule has 0 fully saturated rings. The van der Waals surface area contributed by atoms with E-state index in [1.54, 1.807) is 30.3 Å². The van der Waals surface area contributed by atoms with Gasteiger partial charge in [0, 0.05) is 23.7 Å². The highest BCUT2D eigenvalue weighted by atomic mass is 35.5. The summed E-state index contributed by atoms with van der Waals surface area (Å²) in [5.74, 6) is -2.80. The Morgan fingerprint density at radius 1 is 0.878 bits per heavy atom. The zero-order chi connectivity index (χ0) is 30.0. The first kappa shape index (κ1) is 29.9. The van der Waals surface area contributed by atoms with Gasteiger partial charge in [0.05, 0.1) is 29.0 Å². The topological polar surface area (TPSA) is 51.2 Å². The molecule has 41 heavy (non-hydrogen) atoms. The van der Waals surface area contributed by atoms with E-state index in [9.17, 15) is 35.5 Å². The zero-order valence-electron chi connectivity index (χ0n) is 21.1. The van der Waals surface area contributed by atoms with Crippen molar-refractivity contribution in [2.45, 2.75) is 24.3 Å². The van der Waals surface area contributed by atoms with Gasteiger partial charge in [-0.25, -0.2) is 4.39 Å². The lowest BCUT2D eigenvalue weighted by Gasteiger charge is -2.37. The first-order chi connectivity index (χ1) is 19.2. The SMILES string of the molecule is COc1ccc(C(F)(F)F)cc1[C@](Cc1ccccc1)(NC(=O)c1ccc(F)c(C(F)(F)F)c1)c1ccc(Cl)cn1. The van der Waals surface area contributed by atoms with Gasteiger partial charge in [-0.05, 0) is 54.1 Å². The molecule has 4 rings (SSSR count). The second-order valence-electron chi connectivity index (χ2n) is 8.99. The highest BCUT2D eigenvalue weighted by Crippen LogP contribution is 2.42. The van der Waals surface area contributed by atoms with Crippen LogP contribution in [-0.4, -0.2) is 18.0 Å². The second-order valence-corrected chi connectivity index (χ2v) is 9.43. The third-order valence-electron chi connectivity index (χ3n) is 6.32. The van der Waals surface area contributed by atoms with Crippen LogP contribution in [0.5, 0.6) is 5.75 Å². The predicted molar refractivity (Wildman–Crippen MR) is 137 cm³/mol. The van der Waals surface area contributed by atoms with Crippen LogP contribution in [0.25, 0.3) is 0 Å². The lowest BCUT2D eigenvalue weighted by atomic mass is 9.79. The minimum atomic E-state index is -5.11. The number of hydrogen-bond donors (Lipinski definition) is 1. The number of aromatic nitrogens is 1. The van der Waals surface area contributed by atoms with Crippen LogP contribution in [0.4, 0.5) is 30.7 Å². The molecule has 0 saturated heterocycles. The van der Waals surface area contributed by atoms with Crippen LogP contribution >= 0.6 is 11.6 Å². The Bertz CT molecular complexity index is 1540. The van der Waals surface area contributed by atoms with Crippen molar-refractivity contribution in [1.82, 2.24) is 10.3 Å². The van der Waals surface area contributed by atoms with Gasteiger partial charge in [-0.15, -0.1) is 0 Å². The van der Waals surface area contributed by atoms with Crippen molar-refractivity contribution in [3.63, 3.8) is 0 Å². The first-order valence-electron chi connectivity index (χ1n) is 11.9. The minimum absolute atomic E-state index is 0.00915. The van der Waals surface area contributed by atoms with Gasteiger partial charge < -0.3 is 10.1 Å². The number of alkyl halides is 6.